The van der Waals surface area contributed by atoms with E-state index in [2.05, 4.69) is 5.32 Å². The molecule has 1 heterocycles. The van der Waals surface area contributed by atoms with Crippen LogP contribution in [0.5, 0.6) is 0 Å². The van der Waals surface area contributed by atoms with E-state index in [0.29, 0.717) is 12.0 Å². The van der Waals surface area contributed by atoms with E-state index in [9.17, 15) is 9.59 Å². The molecule has 1 atom stereocenters. The molecule has 0 unspecified atom stereocenters. The number of benzene rings is 2. The molecule has 132 valence electrons. The molecule has 0 spiro atoms. The smallest absolute Gasteiger partial charge is 0.336 e. The van der Waals surface area contributed by atoms with Crippen LogP contribution >= 0.6 is 0 Å². The maximum Gasteiger partial charge on any atom is 0.336 e. The van der Waals surface area contributed by atoms with Gasteiger partial charge in [-0.25, -0.2) is 4.79 Å². The largest absolute Gasteiger partial charge is 0.466 e. The SMILES string of the molecule is COC(=O)C1=C(C)NC2=C(C(=O)CCC2)[C@@H]1c1cccc2ccccc12. The number of nitrogens with one attached hydrogen (secondary N) is 1. The summed E-state index contributed by atoms with van der Waals surface area (Å²) in [6.45, 7) is 1.88. The molecule has 0 amide bonds. The average molecular weight is 347 g/mol. The molecule has 0 saturated heterocycles. The molecule has 0 fully saturated rings. The lowest BCUT2D eigenvalue weighted by Crippen LogP contribution is -2.34. The van der Waals surface area contributed by atoms with E-state index < -0.39 is 11.9 Å². The number of ketones is 1. The Morgan fingerprint density at radius 2 is 1.88 bits per heavy atom. The van der Waals surface area contributed by atoms with Gasteiger partial charge in [0.1, 0.15) is 0 Å². The number of rotatable bonds is 2. The van der Waals surface area contributed by atoms with Gasteiger partial charge < -0.3 is 10.1 Å². The third kappa shape index (κ3) is 2.53. The second-order valence-electron chi connectivity index (χ2n) is 6.83. The maximum absolute atomic E-state index is 12.8. The number of ether oxygens (including phenoxy) is 1. The Morgan fingerprint density at radius 3 is 2.69 bits per heavy atom. The molecule has 2 aromatic rings. The highest BCUT2D eigenvalue weighted by Crippen LogP contribution is 2.44. The minimum absolute atomic E-state index is 0.116. The van der Waals surface area contributed by atoms with Gasteiger partial charge in [0.15, 0.2) is 5.78 Å². The van der Waals surface area contributed by atoms with Crippen LogP contribution in [0, 0.1) is 0 Å². The van der Waals surface area contributed by atoms with Gasteiger partial charge in [-0.05, 0) is 36.1 Å². The molecule has 0 aromatic heterocycles. The van der Waals surface area contributed by atoms with Crippen LogP contribution in [0.25, 0.3) is 10.8 Å². The van der Waals surface area contributed by atoms with Gasteiger partial charge in [0.25, 0.3) is 0 Å². The highest BCUT2D eigenvalue weighted by atomic mass is 16.5. The summed E-state index contributed by atoms with van der Waals surface area (Å²) in [5.74, 6) is -0.666. The third-order valence-corrected chi connectivity index (χ3v) is 5.32. The summed E-state index contributed by atoms with van der Waals surface area (Å²) in [4.78, 5) is 25.5. The topological polar surface area (TPSA) is 55.4 Å². The molecule has 1 N–H and O–H groups in total. The van der Waals surface area contributed by atoms with Gasteiger partial charge in [-0.15, -0.1) is 0 Å². The molecular formula is C22H21NO3. The molecule has 26 heavy (non-hydrogen) atoms. The van der Waals surface area contributed by atoms with E-state index >= 15 is 0 Å². The van der Waals surface area contributed by atoms with Gasteiger partial charge in [-0.3, -0.25) is 4.79 Å². The Balaban J connectivity index is 2.01. The zero-order valence-electron chi connectivity index (χ0n) is 15.0. The number of allylic oxidation sites excluding steroid dienone is 3. The highest BCUT2D eigenvalue weighted by molar-refractivity contribution is 6.05. The normalized spacial score (nSPS) is 20.1. The number of hydrogen-bond acceptors (Lipinski definition) is 4. The second kappa shape index (κ2) is 6.45. The summed E-state index contributed by atoms with van der Waals surface area (Å²) < 4.78 is 5.07. The fourth-order valence-electron chi connectivity index (χ4n) is 4.18. The zero-order chi connectivity index (χ0) is 18.3. The van der Waals surface area contributed by atoms with Crippen molar-refractivity contribution in [2.24, 2.45) is 0 Å². The molecule has 4 rings (SSSR count). The van der Waals surface area contributed by atoms with Crippen LogP contribution in [0.4, 0.5) is 0 Å². The number of fused-ring (bicyclic) bond motifs is 1. The van der Waals surface area contributed by atoms with E-state index in [0.717, 1.165) is 46.1 Å². The number of Topliss-reactive ketones (excluding diaryl/α,β-unsaturated/α-hetero) is 1. The molecule has 0 saturated carbocycles. The van der Waals surface area contributed by atoms with Crippen molar-refractivity contribution in [2.45, 2.75) is 32.1 Å². The number of esters is 1. The number of dihydropyridines is 1. The van der Waals surface area contributed by atoms with Crippen LogP contribution < -0.4 is 5.32 Å². The number of carbonyl (C=O) groups is 2. The van der Waals surface area contributed by atoms with Gasteiger partial charge in [0.05, 0.1) is 12.7 Å². The van der Waals surface area contributed by atoms with Gasteiger partial charge in [0.2, 0.25) is 0 Å². The van der Waals surface area contributed by atoms with Crippen LogP contribution in [-0.4, -0.2) is 18.9 Å². The van der Waals surface area contributed by atoms with Gasteiger partial charge >= 0.3 is 5.97 Å². The third-order valence-electron chi connectivity index (χ3n) is 5.32. The Kier molecular flexibility index (Phi) is 4.11. The summed E-state index contributed by atoms with van der Waals surface area (Å²) in [6.07, 6.45) is 2.19. The Hall–Kier alpha value is -2.88. The summed E-state index contributed by atoms with van der Waals surface area (Å²) >= 11 is 0. The van der Waals surface area contributed by atoms with E-state index in [1.807, 2.05) is 49.4 Å². The number of carbonyl (C=O) groups excluding carboxylic acids is 2. The van der Waals surface area contributed by atoms with Crippen molar-refractivity contribution >= 4 is 22.5 Å². The van der Waals surface area contributed by atoms with Crippen molar-refractivity contribution in [2.75, 3.05) is 7.11 Å². The lowest BCUT2D eigenvalue weighted by molar-refractivity contribution is -0.136. The number of methoxy groups -OCH3 is 1. The summed E-state index contributed by atoms with van der Waals surface area (Å²) in [6, 6.07) is 14.1. The van der Waals surface area contributed by atoms with Crippen molar-refractivity contribution in [3.05, 3.63) is 70.6 Å². The standard InChI is InChI=1S/C22H21NO3/c1-13-19(22(25)26-2)20(21-17(23-13)11-6-12-18(21)24)16-10-5-8-14-7-3-4-9-15(14)16/h3-5,7-10,20,23H,6,11-12H2,1-2H3/t20-/m1/s1. The van der Waals surface area contributed by atoms with E-state index in [4.69, 9.17) is 4.74 Å². The quantitative estimate of drug-likeness (QED) is 0.835. The van der Waals surface area contributed by atoms with E-state index in [1.165, 1.54) is 7.11 Å². The van der Waals surface area contributed by atoms with Gasteiger partial charge in [-0.1, -0.05) is 42.5 Å². The second-order valence-corrected chi connectivity index (χ2v) is 6.83. The summed E-state index contributed by atoms with van der Waals surface area (Å²) in [5.41, 5.74) is 3.94. The highest BCUT2D eigenvalue weighted by Gasteiger charge is 2.39. The van der Waals surface area contributed by atoms with Crippen molar-refractivity contribution in [1.29, 1.82) is 0 Å². The molecular weight excluding hydrogens is 326 g/mol. The summed E-state index contributed by atoms with van der Waals surface area (Å²) in [5, 5.41) is 5.45. The first kappa shape index (κ1) is 16.6. The molecule has 2 aromatic carbocycles. The average Bonchev–Trinajstić information content (AvgIpc) is 2.66. The monoisotopic (exact) mass is 347 g/mol. The first-order chi connectivity index (χ1) is 12.6. The van der Waals surface area contributed by atoms with Crippen LogP contribution in [0.2, 0.25) is 0 Å². The Bertz CT molecular complexity index is 979. The van der Waals surface area contributed by atoms with E-state index in [1.54, 1.807) is 0 Å². The van der Waals surface area contributed by atoms with Crippen LogP contribution in [0.1, 0.15) is 37.7 Å². The molecule has 4 heteroatoms. The van der Waals surface area contributed by atoms with Crippen molar-refractivity contribution in [3.63, 3.8) is 0 Å². The minimum atomic E-state index is -0.391. The van der Waals surface area contributed by atoms with Crippen molar-refractivity contribution < 1.29 is 14.3 Å². The molecule has 1 aliphatic heterocycles. The van der Waals surface area contributed by atoms with Crippen molar-refractivity contribution in [1.82, 2.24) is 5.32 Å². The molecule has 0 radical (unpaired) electrons. The van der Waals surface area contributed by atoms with Gasteiger partial charge in [-0.2, -0.15) is 0 Å². The lowest BCUT2D eigenvalue weighted by Gasteiger charge is -2.34. The molecule has 4 nitrogen and oxygen atoms in total. The fraction of sp³-hybridized carbons (Fsp3) is 0.273. The van der Waals surface area contributed by atoms with Crippen LogP contribution in [0.15, 0.2) is 65.0 Å². The maximum atomic E-state index is 12.8. The zero-order valence-corrected chi connectivity index (χ0v) is 15.0. The van der Waals surface area contributed by atoms with Crippen molar-refractivity contribution in [3.8, 4) is 0 Å². The van der Waals surface area contributed by atoms with Crippen LogP contribution in [0.3, 0.4) is 0 Å². The Morgan fingerprint density at radius 1 is 1.12 bits per heavy atom. The first-order valence-electron chi connectivity index (χ1n) is 8.92. The molecule has 2 aliphatic rings. The lowest BCUT2D eigenvalue weighted by atomic mass is 9.74. The predicted octanol–water partition coefficient (Wildman–Crippen LogP) is 3.98. The van der Waals surface area contributed by atoms with E-state index in [-0.39, 0.29) is 5.78 Å². The predicted molar refractivity (Wildman–Crippen MR) is 100 cm³/mol. The summed E-state index contributed by atoms with van der Waals surface area (Å²) in [7, 11) is 1.38. The molecule has 0 bridgehead atoms. The molecule has 1 aliphatic carbocycles. The first-order valence-corrected chi connectivity index (χ1v) is 8.92. The van der Waals surface area contributed by atoms with Crippen LogP contribution in [-0.2, 0) is 14.3 Å². The minimum Gasteiger partial charge on any atom is -0.466 e. The fourth-order valence-corrected chi connectivity index (χ4v) is 4.18. The van der Waals surface area contributed by atoms with Gasteiger partial charge in [0, 0.05) is 29.3 Å². The number of hydrogen-bond donors (Lipinski definition) is 1. The Labute approximate surface area is 152 Å².